The Balaban J connectivity index is 1.88. The summed E-state index contributed by atoms with van der Waals surface area (Å²) in [5.74, 6) is 0.512. The third kappa shape index (κ3) is 2.40. The molecule has 1 amide bonds. The summed E-state index contributed by atoms with van der Waals surface area (Å²) < 4.78 is 5.57. The fourth-order valence-electron chi connectivity index (χ4n) is 2.04. The second kappa shape index (κ2) is 4.81. The van der Waals surface area contributed by atoms with Crippen molar-refractivity contribution in [1.29, 1.82) is 0 Å². The van der Waals surface area contributed by atoms with E-state index in [1.807, 2.05) is 44.2 Å². The minimum absolute atomic E-state index is 0.286. The van der Waals surface area contributed by atoms with Gasteiger partial charge in [0.25, 0.3) is 5.91 Å². The van der Waals surface area contributed by atoms with Crippen LogP contribution in [0.4, 0.5) is 5.82 Å². The predicted octanol–water partition coefficient (Wildman–Crippen LogP) is 3.70. The number of aromatic nitrogens is 1. The fraction of sp³-hybridized carbons (Fsp3) is 0.125. The number of hydrogen-bond donors (Lipinski definition) is 1. The summed E-state index contributed by atoms with van der Waals surface area (Å²) in [5, 5.41) is 3.65. The van der Waals surface area contributed by atoms with Crippen molar-refractivity contribution in [2.45, 2.75) is 13.8 Å². The van der Waals surface area contributed by atoms with Gasteiger partial charge in [0.15, 0.2) is 5.76 Å². The molecule has 0 spiro atoms. The zero-order valence-electron chi connectivity index (χ0n) is 11.3. The molecule has 1 N–H and O–H groups in total. The lowest BCUT2D eigenvalue weighted by Gasteiger charge is -2.02. The number of carbonyl (C=O) groups is 1. The Bertz CT molecular complexity index is 790. The summed E-state index contributed by atoms with van der Waals surface area (Å²) in [4.78, 5) is 16.4. The van der Waals surface area contributed by atoms with Crippen molar-refractivity contribution >= 4 is 22.7 Å². The van der Waals surface area contributed by atoms with Crippen LogP contribution in [0.2, 0.25) is 0 Å². The minimum atomic E-state index is -0.294. The van der Waals surface area contributed by atoms with Crippen LogP contribution in [0.3, 0.4) is 0 Å². The van der Waals surface area contributed by atoms with Gasteiger partial charge in [-0.25, -0.2) is 4.98 Å². The van der Waals surface area contributed by atoms with Crippen LogP contribution in [-0.2, 0) is 0 Å². The van der Waals surface area contributed by atoms with E-state index < -0.39 is 0 Å². The second-order valence-electron chi connectivity index (χ2n) is 4.77. The molecule has 3 aromatic rings. The standard InChI is InChI=1S/C16H14N2O2/c1-10-6-7-12-9-14(20-13(12)8-10)16(19)18-15-5-3-4-11(2)17-15/h3-9H,1-2H3,(H,17,18,19). The molecule has 0 saturated heterocycles. The van der Waals surface area contributed by atoms with Gasteiger partial charge in [0.05, 0.1) is 0 Å². The highest BCUT2D eigenvalue weighted by atomic mass is 16.3. The summed E-state index contributed by atoms with van der Waals surface area (Å²) in [6, 6.07) is 13.0. The van der Waals surface area contributed by atoms with Gasteiger partial charge in [0, 0.05) is 11.1 Å². The zero-order chi connectivity index (χ0) is 14.1. The van der Waals surface area contributed by atoms with E-state index in [2.05, 4.69) is 10.3 Å². The number of nitrogens with one attached hydrogen (secondary N) is 1. The van der Waals surface area contributed by atoms with Crippen LogP contribution in [0.15, 0.2) is 46.9 Å². The number of pyridine rings is 1. The Morgan fingerprint density at radius 1 is 1.15 bits per heavy atom. The zero-order valence-corrected chi connectivity index (χ0v) is 11.3. The molecule has 0 radical (unpaired) electrons. The SMILES string of the molecule is Cc1ccc2cc(C(=O)Nc3cccc(C)n3)oc2c1. The summed E-state index contributed by atoms with van der Waals surface area (Å²) in [6.45, 7) is 3.86. The molecule has 20 heavy (non-hydrogen) atoms. The van der Waals surface area contributed by atoms with Crippen LogP contribution < -0.4 is 5.32 Å². The van der Waals surface area contributed by atoms with Gasteiger partial charge in [-0.15, -0.1) is 0 Å². The minimum Gasteiger partial charge on any atom is -0.451 e. The van der Waals surface area contributed by atoms with Crippen LogP contribution in [0, 0.1) is 13.8 Å². The number of rotatable bonds is 2. The molecule has 0 fully saturated rings. The van der Waals surface area contributed by atoms with Crippen molar-refractivity contribution in [3.05, 3.63) is 59.5 Å². The third-order valence-electron chi connectivity index (χ3n) is 3.03. The molecule has 0 saturated carbocycles. The van der Waals surface area contributed by atoms with Crippen molar-refractivity contribution in [3.8, 4) is 0 Å². The van der Waals surface area contributed by atoms with E-state index in [0.717, 1.165) is 16.6 Å². The predicted molar refractivity (Wildman–Crippen MR) is 77.9 cm³/mol. The molecule has 2 heterocycles. The number of benzene rings is 1. The molecule has 4 heteroatoms. The van der Waals surface area contributed by atoms with Crippen LogP contribution in [0.1, 0.15) is 21.8 Å². The van der Waals surface area contributed by atoms with Crippen LogP contribution in [0.5, 0.6) is 0 Å². The van der Waals surface area contributed by atoms with Crippen molar-refractivity contribution in [2.75, 3.05) is 5.32 Å². The normalized spacial score (nSPS) is 10.7. The monoisotopic (exact) mass is 266 g/mol. The molecule has 0 atom stereocenters. The maximum Gasteiger partial charge on any atom is 0.292 e. The molecular formula is C16H14N2O2. The largest absolute Gasteiger partial charge is 0.451 e. The maximum atomic E-state index is 12.1. The Labute approximate surface area is 116 Å². The summed E-state index contributed by atoms with van der Waals surface area (Å²) in [6.07, 6.45) is 0. The van der Waals surface area contributed by atoms with E-state index in [9.17, 15) is 4.79 Å². The highest BCUT2D eigenvalue weighted by Crippen LogP contribution is 2.21. The van der Waals surface area contributed by atoms with Crippen LogP contribution in [-0.4, -0.2) is 10.9 Å². The maximum absolute atomic E-state index is 12.1. The van der Waals surface area contributed by atoms with Crippen molar-refractivity contribution in [2.24, 2.45) is 0 Å². The third-order valence-corrected chi connectivity index (χ3v) is 3.03. The number of aryl methyl sites for hydroxylation is 2. The van der Waals surface area contributed by atoms with E-state index in [4.69, 9.17) is 4.42 Å². The van der Waals surface area contributed by atoms with Gasteiger partial charge in [-0.3, -0.25) is 4.79 Å². The van der Waals surface area contributed by atoms with E-state index in [-0.39, 0.29) is 11.7 Å². The molecule has 3 rings (SSSR count). The molecular weight excluding hydrogens is 252 g/mol. The number of nitrogens with zero attached hydrogens (tertiary/aromatic N) is 1. The molecule has 0 aliphatic carbocycles. The first-order valence-corrected chi connectivity index (χ1v) is 6.37. The van der Waals surface area contributed by atoms with Crippen LogP contribution >= 0.6 is 0 Å². The first kappa shape index (κ1) is 12.4. The Hall–Kier alpha value is -2.62. The molecule has 0 aliphatic heterocycles. The summed E-state index contributed by atoms with van der Waals surface area (Å²) in [7, 11) is 0. The lowest BCUT2D eigenvalue weighted by Crippen LogP contribution is -2.12. The number of furan rings is 1. The van der Waals surface area contributed by atoms with Gasteiger partial charge in [-0.1, -0.05) is 18.2 Å². The fourth-order valence-corrected chi connectivity index (χ4v) is 2.04. The summed E-state index contributed by atoms with van der Waals surface area (Å²) >= 11 is 0. The van der Waals surface area contributed by atoms with Gasteiger partial charge in [0.1, 0.15) is 11.4 Å². The Morgan fingerprint density at radius 3 is 2.80 bits per heavy atom. The molecule has 0 bridgehead atoms. The van der Waals surface area contributed by atoms with Crippen molar-refractivity contribution in [1.82, 2.24) is 4.98 Å². The van der Waals surface area contributed by atoms with Gasteiger partial charge >= 0.3 is 0 Å². The number of fused-ring (bicyclic) bond motifs is 1. The van der Waals surface area contributed by atoms with Crippen molar-refractivity contribution < 1.29 is 9.21 Å². The second-order valence-corrected chi connectivity index (χ2v) is 4.77. The Morgan fingerprint density at radius 2 is 2.00 bits per heavy atom. The van der Waals surface area contributed by atoms with Gasteiger partial charge in [-0.05, 0) is 43.7 Å². The van der Waals surface area contributed by atoms with Crippen LogP contribution in [0.25, 0.3) is 11.0 Å². The summed E-state index contributed by atoms with van der Waals surface area (Å²) in [5.41, 5.74) is 2.66. The first-order chi connectivity index (χ1) is 9.61. The number of anilines is 1. The lowest BCUT2D eigenvalue weighted by molar-refractivity contribution is 0.0998. The van der Waals surface area contributed by atoms with Gasteiger partial charge in [0.2, 0.25) is 0 Å². The van der Waals surface area contributed by atoms with E-state index in [0.29, 0.717) is 11.4 Å². The average molecular weight is 266 g/mol. The molecule has 4 nitrogen and oxygen atoms in total. The average Bonchev–Trinajstić information content (AvgIpc) is 2.81. The number of hydrogen-bond acceptors (Lipinski definition) is 3. The molecule has 0 aliphatic rings. The highest BCUT2D eigenvalue weighted by molar-refractivity contribution is 6.04. The number of carbonyl (C=O) groups excluding carboxylic acids is 1. The molecule has 100 valence electrons. The quantitative estimate of drug-likeness (QED) is 0.769. The Kier molecular flexibility index (Phi) is 2.99. The van der Waals surface area contributed by atoms with E-state index >= 15 is 0 Å². The van der Waals surface area contributed by atoms with E-state index in [1.165, 1.54) is 0 Å². The van der Waals surface area contributed by atoms with Crippen molar-refractivity contribution in [3.63, 3.8) is 0 Å². The van der Waals surface area contributed by atoms with E-state index in [1.54, 1.807) is 12.1 Å². The molecule has 2 aromatic heterocycles. The smallest absolute Gasteiger partial charge is 0.292 e. The number of amides is 1. The topological polar surface area (TPSA) is 55.1 Å². The van der Waals surface area contributed by atoms with Gasteiger partial charge in [-0.2, -0.15) is 0 Å². The lowest BCUT2D eigenvalue weighted by atomic mass is 10.2. The molecule has 0 unspecified atom stereocenters. The molecule has 1 aromatic carbocycles. The van der Waals surface area contributed by atoms with Gasteiger partial charge < -0.3 is 9.73 Å². The highest BCUT2D eigenvalue weighted by Gasteiger charge is 2.13. The first-order valence-electron chi connectivity index (χ1n) is 6.37.